The molecule has 90 valence electrons. The third-order valence-corrected chi connectivity index (χ3v) is 2.76. The number of benzene rings is 1. The zero-order valence-corrected chi connectivity index (χ0v) is 11.4. The monoisotopic (exact) mass is 295 g/mol. The average Bonchev–Trinajstić information content (AvgIpc) is 2.76. The zero-order chi connectivity index (χ0) is 12.3. The van der Waals surface area contributed by atoms with Crippen molar-refractivity contribution >= 4 is 15.9 Å². The molecule has 0 spiro atoms. The van der Waals surface area contributed by atoms with Crippen molar-refractivity contribution in [2.45, 2.75) is 26.4 Å². The van der Waals surface area contributed by atoms with E-state index >= 15 is 0 Å². The molecule has 17 heavy (non-hydrogen) atoms. The van der Waals surface area contributed by atoms with E-state index in [2.05, 4.69) is 45.2 Å². The minimum Gasteiger partial charge on any atom is -0.338 e. The standard InChI is InChI=1S/C12H14BrN3O/c1-8(2)14-7-11-15-12(16-17-11)9-3-5-10(13)6-4-9/h3-6,8,14H,7H2,1-2H3. The van der Waals surface area contributed by atoms with Crippen molar-refractivity contribution in [1.82, 2.24) is 15.5 Å². The summed E-state index contributed by atoms with van der Waals surface area (Å²) in [6.45, 7) is 4.75. The Hall–Kier alpha value is -1.20. The smallest absolute Gasteiger partial charge is 0.240 e. The van der Waals surface area contributed by atoms with Crippen LogP contribution in [0.15, 0.2) is 33.3 Å². The van der Waals surface area contributed by atoms with Gasteiger partial charge in [0.2, 0.25) is 11.7 Å². The fraction of sp³-hybridized carbons (Fsp3) is 0.333. The minimum atomic E-state index is 0.401. The van der Waals surface area contributed by atoms with Crippen LogP contribution >= 0.6 is 15.9 Å². The molecular formula is C12H14BrN3O. The average molecular weight is 296 g/mol. The first kappa shape index (κ1) is 12.3. The Balaban J connectivity index is 2.10. The van der Waals surface area contributed by atoms with E-state index in [9.17, 15) is 0 Å². The maximum absolute atomic E-state index is 5.16. The molecule has 0 radical (unpaired) electrons. The molecule has 2 aromatic rings. The molecule has 0 saturated carbocycles. The highest BCUT2D eigenvalue weighted by molar-refractivity contribution is 9.10. The molecule has 0 aliphatic carbocycles. The van der Waals surface area contributed by atoms with Gasteiger partial charge in [-0.2, -0.15) is 4.98 Å². The molecule has 0 aliphatic heterocycles. The molecule has 1 aromatic heterocycles. The van der Waals surface area contributed by atoms with E-state index in [1.165, 1.54) is 0 Å². The SMILES string of the molecule is CC(C)NCc1nc(-c2ccc(Br)cc2)no1. The molecule has 0 aliphatic rings. The van der Waals surface area contributed by atoms with Gasteiger partial charge in [0.15, 0.2) is 0 Å². The van der Waals surface area contributed by atoms with E-state index in [-0.39, 0.29) is 0 Å². The third-order valence-electron chi connectivity index (χ3n) is 2.23. The molecule has 0 saturated heterocycles. The Morgan fingerprint density at radius 3 is 2.65 bits per heavy atom. The molecule has 0 unspecified atom stereocenters. The van der Waals surface area contributed by atoms with Gasteiger partial charge in [0.05, 0.1) is 6.54 Å². The van der Waals surface area contributed by atoms with Gasteiger partial charge < -0.3 is 9.84 Å². The van der Waals surface area contributed by atoms with Crippen molar-refractivity contribution in [1.29, 1.82) is 0 Å². The number of hydrogen-bond acceptors (Lipinski definition) is 4. The number of nitrogens with one attached hydrogen (secondary N) is 1. The van der Waals surface area contributed by atoms with Crippen LogP contribution in [-0.2, 0) is 6.54 Å². The summed E-state index contributed by atoms with van der Waals surface area (Å²) in [6.07, 6.45) is 0. The number of halogens is 1. The second kappa shape index (κ2) is 5.42. The number of rotatable bonds is 4. The summed E-state index contributed by atoms with van der Waals surface area (Å²) in [5, 5.41) is 7.18. The molecule has 1 aromatic carbocycles. The lowest BCUT2D eigenvalue weighted by Gasteiger charge is -2.02. The van der Waals surface area contributed by atoms with Crippen molar-refractivity contribution in [3.05, 3.63) is 34.6 Å². The van der Waals surface area contributed by atoms with Crippen LogP contribution in [0.2, 0.25) is 0 Å². The predicted molar refractivity (Wildman–Crippen MR) is 69.4 cm³/mol. The quantitative estimate of drug-likeness (QED) is 0.942. The number of hydrogen-bond donors (Lipinski definition) is 1. The van der Waals surface area contributed by atoms with Gasteiger partial charge in [-0.25, -0.2) is 0 Å². The molecule has 0 atom stereocenters. The molecule has 0 bridgehead atoms. The molecule has 2 rings (SSSR count). The van der Waals surface area contributed by atoms with Crippen molar-refractivity contribution in [2.75, 3.05) is 0 Å². The van der Waals surface area contributed by atoms with Crippen LogP contribution in [0.25, 0.3) is 11.4 Å². The molecule has 0 amide bonds. The topological polar surface area (TPSA) is 51.0 Å². The van der Waals surface area contributed by atoms with Crippen molar-refractivity contribution in [2.24, 2.45) is 0 Å². The fourth-order valence-corrected chi connectivity index (χ4v) is 1.60. The maximum Gasteiger partial charge on any atom is 0.240 e. The molecular weight excluding hydrogens is 282 g/mol. The lowest BCUT2D eigenvalue weighted by atomic mass is 10.2. The van der Waals surface area contributed by atoms with Crippen LogP contribution in [0.4, 0.5) is 0 Å². The van der Waals surface area contributed by atoms with Crippen LogP contribution in [0.1, 0.15) is 19.7 Å². The molecule has 4 nitrogen and oxygen atoms in total. The first-order valence-electron chi connectivity index (χ1n) is 5.47. The lowest BCUT2D eigenvalue weighted by molar-refractivity contribution is 0.362. The Morgan fingerprint density at radius 1 is 1.29 bits per heavy atom. The summed E-state index contributed by atoms with van der Waals surface area (Å²) in [7, 11) is 0. The van der Waals surface area contributed by atoms with Gasteiger partial charge in [0.1, 0.15) is 0 Å². The summed E-state index contributed by atoms with van der Waals surface area (Å²) in [5.41, 5.74) is 0.952. The fourth-order valence-electron chi connectivity index (χ4n) is 1.33. The molecule has 1 N–H and O–H groups in total. The van der Waals surface area contributed by atoms with Crippen LogP contribution in [0, 0.1) is 0 Å². The zero-order valence-electron chi connectivity index (χ0n) is 9.77. The lowest BCUT2D eigenvalue weighted by Crippen LogP contribution is -2.21. The maximum atomic E-state index is 5.16. The van der Waals surface area contributed by atoms with E-state index in [1.54, 1.807) is 0 Å². The van der Waals surface area contributed by atoms with Gasteiger partial charge in [-0.15, -0.1) is 0 Å². The number of aromatic nitrogens is 2. The normalized spacial score (nSPS) is 11.1. The van der Waals surface area contributed by atoms with Crippen molar-refractivity contribution in [3.8, 4) is 11.4 Å². The predicted octanol–water partition coefficient (Wildman–Crippen LogP) is 3.00. The highest BCUT2D eigenvalue weighted by Gasteiger charge is 2.08. The highest BCUT2D eigenvalue weighted by atomic mass is 79.9. The van der Waals surface area contributed by atoms with Gasteiger partial charge in [-0.1, -0.05) is 34.9 Å². The van der Waals surface area contributed by atoms with E-state index < -0.39 is 0 Å². The molecule has 1 heterocycles. The summed E-state index contributed by atoms with van der Waals surface area (Å²) >= 11 is 3.39. The van der Waals surface area contributed by atoms with E-state index in [0.717, 1.165) is 10.0 Å². The van der Waals surface area contributed by atoms with Crippen LogP contribution in [0.3, 0.4) is 0 Å². The van der Waals surface area contributed by atoms with E-state index in [0.29, 0.717) is 24.3 Å². The summed E-state index contributed by atoms with van der Waals surface area (Å²) in [4.78, 5) is 4.33. The Labute approximate surface area is 109 Å². The highest BCUT2D eigenvalue weighted by Crippen LogP contribution is 2.18. The van der Waals surface area contributed by atoms with Gasteiger partial charge >= 0.3 is 0 Å². The minimum absolute atomic E-state index is 0.401. The first-order chi connectivity index (χ1) is 8.15. The molecule has 0 fully saturated rings. The van der Waals surface area contributed by atoms with Crippen LogP contribution < -0.4 is 5.32 Å². The largest absolute Gasteiger partial charge is 0.338 e. The Bertz CT molecular complexity index is 479. The summed E-state index contributed by atoms with van der Waals surface area (Å²) in [5.74, 6) is 1.23. The van der Waals surface area contributed by atoms with Crippen molar-refractivity contribution in [3.63, 3.8) is 0 Å². The third kappa shape index (κ3) is 3.38. The second-order valence-corrected chi connectivity index (χ2v) is 4.97. The summed E-state index contributed by atoms with van der Waals surface area (Å²) < 4.78 is 6.20. The van der Waals surface area contributed by atoms with E-state index in [4.69, 9.17) is 4.52 Å². The molecule has 5 heteroatoms. The van der Waals surface area contributed by atoms with Crippen molar-refractivity contribution < 1.29 is 4.52 Å². The van der Waals surface area contributed by atoms with Gasteiger partial charge in [-0.05, 0) is 24.3 Å². The first-order valence-corrected chi connectivity index (χ1v) is 6.26. The van der Waals surface area contributed by atoms with Crippen LogP contribution in [-0.4, -0.2) is 16.2 Å². The Morgan fingerprint density at radius 2 is 2.00 bits per heavy atom. The van der Waals surface area contributed by atoms with E-state index in [1.807, 2.05) is 24.3 Å². The Kier molecular flexibility index (Phi) is 3.91. The summed E-state index contributed by atoms with van der Waals surface area (Å²) in [6, 6.07) is 8.22. The number of nitrogens with zero attached hydrogens (tertiary/aromatic N) is 2. The second-order valence-electron chi connectivity index (χ2n) is 4.05. The van der Waals surface area contributed by atoms with Gasteiger partial charge in [0.25, 0.3) is 0 Å². The van der Waals surface area contributed by atoms with Gasteiger partial charge in [-0.3, -0.25) is 0 Å². The van der Waals surface area contributed by atoms with Gasteiger partial charge in [0, 0.05) is 16.1 Å². The van der Waals surface area contributed by atoms with Crippen LogP contribution in [0.5, 0.6) is 0 Å².